The molecule has 0 saturated carbocycles. The Morgan fingerprint density at radius 3 is 2.23 bits per heavy atom. The highest BCUT2D eigenvalue weighted by Crippen LogP contribution is 2.45. The van der Waals surface area contributed by atoms with Crippen molar-refractivity contribution in [3.8, 4) is 11.5 Å². The van der Waals surface area contributed by atoms with Crippen molar-refractivity contribution >= 4 is 5.69 Å². The number of rotatable bonds is 5. The Morgan fingerprint density at radius 2 is 1.69 bits per heavy atom. The number of likely N-dealkylation sites (N-methyl/N-ethyl adjacent to an activating group) is 1. The largest absolute Gasteiger partial charge is 0.493 e. The Balaban J connectivity index is 2.22. The summed E-state index contributed by atoms with van der Waals surface area (Å²) in [6.45, 7) is 0.771. The van der Waals surface area contributed by atoms with Crippen LogP contribution in [0.3, 0.4) is 0 Å². The maximum Gasteiger partial charge on any atom is 0.269 e. The number of benzene rings is 2. The van der Waals surface area contributed by atoms with E-state index in [1.165, 1.54) is 12.1 Å². The Kier molecular flexibility index (Phi) is 4.84. The second-order valence-electron chi connectivity index (χ2n) is 6.19. The zero-order valence-corrected chi connectivity index (χ0v) is 15.3. The summed E-state index contributed by atoms with van der Waals surface area (Å²) in [4.78, 5) is 12.7. The number of fused-ring (bicyclic) bond motifs is 1. The standard InChI is InChI=1S/C19H22N2O5/c1-20-10-9-13-11-17(24-2)18(25-3)12-16(13)19(20,26-4)14-5-7-15(8-6-14)21(22)23/h5-8,11-12H,9-10H2,1-4H3. The van der Waals surface area contributed by atoms with E-state index in [0.717, 1.165) is 29.7 Å². The zero-order chi connectivity index (χ0) is 18.9. The minimum atomic E-state index is -0.859. The third kappa shape index (κ3) is 2.69. The molecule has 26 heavy (non-hydrogen) atoms. The molecule has 1 aliphatic heterocycles. The van der Waals surface area contributed by atoms with E-state index in [4.69, 9.17) is 14.2 Å². The number of nitro groups is 1. The quantitative estimate of drug-likeness (QED) is 0.604. The number of hydrogen-bond acceptors (Lipinski definition) is 6. The van der Waals surface area contributed by atoms with E-state index in [-0.39, 0.29) is 5.69 Å². The van der Waals surface area contributed by atoms with Gasteiger partial charge in [0.2, 0.25) is 0 Å². The molecule has 0 saturated heterocycles. The number of ether oxygens (including phenoxy) is 3. The van der Waals surface area contributed by atoms with E-state index in [9.17, 15) is 10.1 Å². The molecule has 0 amide bonds. The van der Waals surface area contributed by atoms with E-state index in [2.05, 4.69) is 4.90 Å². The smallest absolute Gasteiger partial charge is 0.269 e. The van der Waals surface area contributed by atoms with Gasteiger partial charge in [0.15, 0.2) is 17.2 Å². The summed E-state index contributed by atoms with van der Waals surface area (Å²) in [5, 5.41) is 11.0. The van der Waals surface area contributed by atoms with Gasteiger partial charge in [-0.25, -0.2) is 0 Å². The molecule has 0 spiro atoms. The Morgan fingerprint density at radius 1 is 1.08 bits per heavy atom. The molecular weight excluding hydrogens is 336 g/mol. The number of non-ortho nitro benzene ring substituents is 1. The topological polar surface area (TPSA) is 74.1 Å². The van der Waals surface area contributed by atoms with Gasteiger partial charge in [-0.05, 0) is 43.3 Å². The number of nitro benzene ring substituents is 1. The fourth-order valence-electron chi connectivity index (χ4n) is 3.66. The van der Waals surface area contributed by atoms with Gasteiger partial charge in [0.1, 0.15) is 0 Å². The van der Waals surface area contributed by atoms with Gasteiger partial charge in [-0.2, -0.15) is 0 Å². The van der Waals surface area contributed by atoms with Crippen molar-refractivity contribution in [3.63, 3.8) is 0 Å². The normalized spacial score (nSPS) is 19.7. The fraction of sp³-hybridized carbons (Fsp3) is 0.368. The highest BCUT2D eigenvalue weighted by molar-refractivity contribution is 5.53. The Labute approximate surface area is 152 Å². The first kappa shape index (κ1) is 18.2. The summed E-state index contributed by atoms with van der Waals surface area (Å²) in [6, 6.07) is 10.4. The maximum atomic E-state index is 11.0. The number of nitrogens with zero attached hydrogens (tertiary/aromatic N) is 2. The van der Waals surface area contributed by atoms with Crippen molar-refractivity contribution in [2.75, 3.05) is 34.9 Å². The van der Waals surface area contributed by atoms with Crippen LogP contribution in [0.5, 0.6) is 11.5 Å². The Hall–Kier alpha value is -2.64. The van der Waals surface area contributed by atoms with Crippen molar-refractivity contribution in [1.29, 1.82) is 0 Å². The lowest BCUT2D eigenvalue weighted by Crippen LogP contribution is -2.50. The van der Waals surface area contributed by atoms with Crippen molar-refractivity contribution in [1.82, 2.24) is 4.90 Å². The molecule has 0 bridgehead atoms. The van der Waals surface area contributed by atoms with Gasteiger partial charge in [-0.15, -0.1) is 0 Å². The van der Waals surface area contributed by atoms with E-state index in [1.54, 1.807) is 33.5 Å². The lowest BCUT2D eigenvalue weighted by atomic mass is 9.84. The minimum Gasteiger partial charge on any atom is -0.493 e. The molecule has 0 aliphatic carbocycles. The summed E-state index contributed by atoms with van der Waals surface area (Å²) in [6.07, 6.45) is 0.838. The molecule has 0 radical (unpaired) electrons. The lowest BCUT2D eigenvalue weighted by molar-refractivity contribution is -0.384. The molecule has 7 heteroatoms. The molecule has 0 N–H and O–H groups in total. The van der Waals surface area contributed by atoms with Gasteiger partial charge in [0.05, 0.1) is 19.1 Å². The molecule has 2 aromatic rings. The van der Waals surface area contributed by atoms with Crippen molar-refractivity contribution in [2.24, 2.45) is 0 Å². The van der Waals surface area contributed by atoms with Crippen molar-refractivity contribution < 1.29 is 19.1 Å². The highest BCUT2D eigenvalue weighted by Gasteiger charge is 2.43. The van der Waals surface area contributed by atoms with Crippen LogP contribution in [0, 0.1) is 10.1 Å². The minimum absolute atomic E-state index is 0.0472. The third-order valence-corrected chi connectivity index (χ3v) is 4.99. The molecule has 0 fully saturated rings. The van der Waals surface area contributed by atoms with Crippen LogP contribution in [0.4, 0.5) is 5.69 Å². The molecule has 1 aliphatic rings. The molecule has 1 heterocycles. The molecule has 0 aromatic heterocycles. The van der Waals surface area contributed by atoms with E-state index in [0.29, 0.717) is 11.5 Å². The van der Waals surface area contributed by atoms with Crippen LogP contribution in [-0.4, -0.2) is 44.7 Å². The van der Waals surface area contributed by atoms with Crippen LogP contribution in [0.25, 0.3) is 0 Å². The van der Waals surface area contributed by atoms with E-state index >= 15 is 0 Å². The number of methoxy groups -OCH3 is 3. The molecule has 3 rings (SSSR count). The van der Waals surface area contributed by atoms with Gasteiger partial charge in [-0.3, -0.25) is 15.0 Å². The average molecular weight is 358 g/mol. The predicted octanol–water partition coefficient (Wildman–Crippen LogP) is 2.95. The van der Waals surface area contributed by atoms with E-state index in [1.807, 2.05) is 19.2 Å². The maximum absolute atomic E-state index is 11.0. The summed E-state index contributed by atoms with van der Waals surface area (Å²) < 4.78 is 16.9. The van der Waals surface area contributed by atoms with Gasteiger partial charge in [0, 0.05) is 36.9 Å². The first-order valence-electron chi connectivity index (χ1n) is 8.24. The lowest BCUT2D eigenvalue weighted by Gasteiger charge is -2.45. The molecule has 7 nitrogen and oxygen atoms in total. The van der Waals surface area contributed by atoms with Gasteiger partial charge in [-0.1, -0.05) is 0 Å². The summed E-state index contributed by atoms with van der Waals surface area (Å²) in [7, 11) is 6.82. The fourth-order valence-corrected chi connectivity index (χ4v) is 3.66. The Bertz CT molecular complexity index is 821. The first-order valence-corrected chi connectivity index (χ1v) is 8.24. The van der Waals surface area contributed by atoms with Crippen LogP contribution >= 0.6 is 0 Å². The first-order chi connectivity index (χ1) is 12.5. The summed E-state index contributed by atoms with van der Waals surface area (Å²) in [5.41, 5.74) is 2.05. The monoisotopic (exact) mass is 358 g/mol. The van der Waals surface area contributed by atoms with Gasteiger partial charge < -0.3 is 14.2 Å². The number of hydrogen-bond donors (Lipinski definition) is 0. The summed E-state index contributed by atoms with van der Waals surface area (Å²) >= 11 is 0. The molecular formula is C19H22N2O5. The highest BCUT2D eigenvalue weighted by atomic mass is 16.6. The SMILES string of the molecule is COc1cc2c(cc1OC)C(OC)(c1ccc([N+](=O)[O-])cc1)N(C)CC2. The van der Waals surface area contributed by atoms with Crippen LogP contribution in [0.1, 0.15) is 16.7 Å². The molecule has 138 valence electrons. The van der Waals surface area contributed by atoms with E-state index < -0.39 is 10.6 Å². The third-order valence-electron chi connectivity index (χ3n) is 4.99. The second kappa shape index (κ2) is 6.93. The second-order valence-corrected chi connectivity index (χ2v) is 6.19. The van der Waals surface area contributed by atoms with Crippen LogP contribution in [0.15, 0.2) is 36.4 Å². The molecule has 1 atom stereocenters. The van der Waals surface area contributed by atoms with Crippen LogP contribution < -0.4 is 9.47 Å². The van der Waals surface area contributed by atoms with Crippen molar-refractivity contribution in [3.05, 3.63) is 63.2 Å². The molecule has 2 aromatic carbocycles. The van der Waals surface area contributed by atoms with Gasteiger partial charge >= 0.3 is 0 Å². The van der Waals surface area contributed by atoms with Crippen molar-refractivity contribution in [2.45, 2.75) is 12.1 Å². The van der Waals surface area contributed by atoms with Crippen LogP contribution in [-0.2, 0) is 16.9 Å². The molecule has 1 unspecified atom stereocenters. The van der Waals surface area contributed by atoms with Crippen LogP contribution in [0.2, 0.25) is 0 Å². The average Bonchev–Trinajstić information content (AvgIpc) is 2.67. The van der Waals surface area contributed by atoms with Gasteiger partial charge in [0.25, 0.3) is 5.69 Å². The summed E-state index contributed by atoms with van der Waals surface area (Å²) in [5.74, 6) is 1.29. The zero-order valence-electron chi connectivity index (χ0n) is 15.3. The predicted molar refractivity (Wildman–Crippen MR) is 96.8 cm³/mol.